The Bertz CT molecular complexity index is 3190. The predicted molar refractivity (Wildman–Crippen MR) is 298 cm³/mol. The van der Waals surface area contributed by atoms with E-state index >= 15 is 0 Å². The molecular formula is C65H73N3O9. The van der Waals surface area contributed by atoms with Crippen LogP contribution < -0.4 is 15.4 Å². The Hall–Kier alpha value is -6.56. The van der Waals surface area contributed by atoms with Gasteiger partial charge in [0.15, 0.2) is 11.5 Å². The Morgan fingerprint density at radius 1 is 0.844 bits per heavy atom. The molecule has 0 amide bonds. The average Bonchev–Trinajstić information content (AvgIpc) is 3.94. The molecule has 1 unspecified atom stereocenters. The summed E-state index contributed by atoms with van der Waals surface area (Å²) in [5.74, 6) is 9.57. The van der Waals surface area contributed by atoms with Crippen molar-refractivity contribution in [2.45, 2.75) is 120 Å². The number of unbranched alkanes of at least 4 members (excludes halogenated alkanes) is 1. The van der Waals surface area contributed by atoms with Crippen LogP contribution >= 0.6 is 0 Å². The molecule has 0 radical (unpaired) electrons. The first-order chi connectivity index (χ1) is 37.7. The summed E-state index contributed by atoms with van der Waals surface area (Å²) in [6.45, 7) is 2.78. The molecule has 0 saturated carbocycles. The van der Waals surface area contributed by atoms with E-state index < -0.39 is 6.10 Å². The van der Waals surface area contributed by atoms with Crippen molar-refractivity contribution in [1.29, 1.82) is 0 Å². The van der Waals surface area contributed by atoms with E-state index in [4.69, 9.17) is 18.9 Å². The van der Waals surface area contributed by atoms with E-state index in [1.807, 2.05) is 30.3 Å². The highest BCUT2D eigenvalue weighted by atomic mass is 16.5. The number of aromatic hydroxyl groups is 3. The maximum Gasteiger partial charge on any atom is 0.161 e. The number of aryl methyl sites for hydroxylation is 3. The summed E-state index contributed by atoms with van der Waals surface area (Å²) >= 11 is 0. The molecule has 6 aromatic rings. The molecule has 402 valence electrons. The molecule has 6 bridgehead atoms. The van der Waals surface area contributed by atoms with Crippen LogP contribution in [0.3, 0.4) is 0 Å². The molecule has 5 heterocycles. The summed E-state index contributed by atoms with van der Waals surface area (Å²) in [7, 11) is 0. The van der Waals surface area contributed by atoms with Gasteiger partial charge in [0.25, 0.3) is 0 Å². The molecule has 1 aliphatic carbocycles. The van der Waals surface area contributed by atoms with E-state index in [0.717, 1.165) is 113 Å². The highest BCUT2D eigenvalue weighted by Gasteiger charge is 2.47. The van der Waals surface area contributed by atoms with Crippen molar-refractivity contribution in [2.75, 3.05) is 39.8 Å². The first kappa shape index (κ1) is 52.5. The Kier molecular flexibility index (Phi) is 16.4. The number of aromatic nitrogens is 1. The van der Waals surface area contributed by atoms with Gasteiger partial charge in [-0.25, -0.2) is 0 Å². The third-order valence-corrected chi connectivity index (χ3v) is 16.8. The number of dihydropyridines is 1. The molecule has 1 fully saturated rings. The molecule has 1 aromatic heterocycles. The molecule has 6 atom stereocenters. The fourth-order valence-corrected chi connectivity index (χ4v) is 12.6. The maximum absolute atomic E-state index is 11.7. The van der Waals surface area contributed by atoms with Gasteiger partial charge in [-0.2, -0.15) is 0 Å². The number of aliphatic hydroxyl groups is 2. The molecule has 5 aliphatic rings. The van der Waals surface area contributed by atoms with Gasteiger partial charge in [0, 0.05) is 71.9 Å². The molecular weight excluding hydrogens is 967 g/mol. The molecule has 77 heavy (non-hydrogen) atoms. The van der Waals surface area contributed by atoms with Crippen molar-refractivity contribution >= 4 is 16.6 Å². The van der Waals surface area contributed by atoms with E-state index in [1.54, 1.807) is 24.3 Å². The topological polar surface area (TPSA) is 167 Å². The zero-order valence-corrected chi connectivity index (χ0v) is 44.0. The standard InChI is InChI=1S/C65H73N3O9/c69-26-3-4-27-75-42-66-63-35-48-19-15-43(13-14-44-17-23-60(72)49(29-44)30-46-8-5-10-54(70)31-46)7-6-11-56-36-55(71)22-16-45-18-24-61(73)62(32-45)77-39-51-34-53(33-50-37-68(38-57(50)51)64(67-63)58(48)41-76-56)65-25-28-74-40-52(65)21-20-47-9-1-2-12-59(47)65/h1-2,5,8-10,12,17-18,23-24,29,31-35,37-38,43,52,55-56,63,66-67,69-73H,3-4,6-7,11,13-14,16,20-22,25-28,30,36,39-42H2/t43-,52+,55+,56-,63?,65+/m0/s1. The quantitative estimate of drug-likeness (QED) is 0.0334. The second kappa shape index (κ2) is 24.0. The third-order valence-electron chi connectivity index (χ3n) is 16.8. The van der Waals surface area contributed by atoms with Crippen molar-refractivity contribution < 1.29 is 44.5 Å². The van der Waals surface area contributed by atoms with Crippen molar-refractivity contribution in [3.05, 3.63) is 171 Å². The van der Waals surface area contributed by atoms with Crippen LogP contribution in [0.15, 0.2) is 127 Å². The van der Waals surface area contributed by atoms with Crippen LogP contribution in [0.25, 0.3) is 16.6 Å². The summed E-state index contributed by atoms with van der Waals surface area (Å²) in [5, 5.41) is 62.9. The van der Waals surface area contributed by atoms with Gasteiger partial charge in [0.2, 0.25) is 0 Å². The fourth-order valence-electron chi connectivity index (χ4n) is 12.6. The molecule has 7 N–H and O–H groups in total. The first-order valence-corrected chi connectivity index (χ1v) is 28.0. The Morgan fingerprint density at radius 2 is 1.75 bits per heavy atom. The van der Waals surface area contributed by atoms with Crippen molar-refractivity contribution in [3.8, 4) is 34.8 Å². The first-order valence-electron chi connectivity index (χ1n) is 28.0. The van der Waals surface area contributed by atoms with Crippen LogP contribution in [0.5, 0.6) is 23.0 Å². The Morgan fingerprint density at radius 3 is 2.66 bits per heavy atom. The van der Waals surface area contributed by atoms with Crippen molar-refractivity contribution in [3.63, 3.8) is 0 Å². The Balaban J connectivity index is 1.01. The molecule has 0 spiro atoms. The number of rotatable bonds is 13. The van der Waals surface area contributed by atoms with Gasteiger partial charge < -0.3 is 54.4 Å². The summed E-state index contributed by atoms with van der Waals surface area (Å²) in [6.07, 6.45) is 15.8. The number of phenolic OH excluding ortho intramolecular Hbond substituents is 3. The number of hydrogen-bond donors (Lipinski definition) is 7. The van der Waals surface area contributed by atoms with Gasteiger partial charge in [-0.05, 0) is 176 Å². The summed E-state index contributed by atoms with van der Waals surface area (Å²) in [4.78, 5) is 0. The minimum atomic E-state index is -0.627. The second-order valence-electron chi connectivity index (χ2n) is 21.9. The number of nitrogens with zero attached hydrogens (tertiary/aromatic N) is 1. The third kappa shape index (κ3) is 12.0. The lowest BCUT2D eigenvalue weighted by Crippen LogP contribution is -2.47. The number of ether oxygens (including phenoxy) is 4. The van der Waals surface area contributed by atoms with Crippen molar-refractivity contribution in [1.82, 2.24) is 15.2 Å². The highest BCUT2D eigenvalue weighted by Crippen LogP contribution is 2.52. The van der Waals surface area contributed by atoms with Gasteiger partial charge in [0.05, 0.1) is 32.2 Å². The number of fused-ring (bicyclic) bond motifs is 9. The smallest absolute Gasteiger partial charge is 0.161 e. The largest absolute Gasteiger partial charge is 0.508 e. The molecule has 1 saturated heterocycles. The van der Waals surface area contributed by atoms with Crippen LogP contribution in [0.4, 0.5) is 0 Å². The van der Waals surface area contributed by atoms with Gasteiger partial charge in [-0.1, -0.05) is 72.5 Å². The lowest BCUT2D eigenvalue weighted by atomic mass is 9.57. The molecule has 12 nitrogen and oxygen atoms in total. The zero-order chi connectivity index (χ0) is 52.7. The van der Waals surface area contributed by atoms with Crippen LogP contribution in [-0.2, 0) is 51.9 Å². The lowest BCUT2D eigenvalue weighted by Gasteiger charge is -2.49. The van der Waals surface area contributed by atoms with Crippen LogP contribution in [0, 0.1) is 23.7 Å². The maximum atomic E-state index is 11.7. The monoisotopic (exact) mass is 1040 g/mol. The van der Waals surface area contributed by atoms with E-state index in [1.165, 1.54) is 16.7 Å². The van der Waals surface area contributed by atoms with Crippen LogP contribution in [0.2, 0.25) is 0 Å². The van der Waals surface area contributed by atoms with E-state index in [2.05, 4.69) is 88.0 Å². The van der Waals surface area contributed by atoms with Gasteiger partial charge in [-0.3, -0.25) is 5.32 Å². The van der Waals surface area contributed by atoms with Gasteiger partial charge in [0.1, 0.15) is 30.1 Å². The normalized spacial score (nSPS) is 23.5. The fraction of sp³-hybridized carbons (Fsp3) is 0.415. The zero-order valence-electron chi connectivity index (χ0n) is 44.0. The van der Waals surface area contributed by atoms with Gasteiger partial charge >= 0.3 is 0 Å². The molecule has 12 heteroatoms. The number of phenols is 3. The molecule has 5 aromatic carbocycles. The Labute approximate surface area is 452 Å². The summed E-state index contributed by atoms with van der Waals surface area (Å²) in [6, 6.07) is 32.2. The number of benzene rings is 5. The molecule has 11 rings (SSSR count). The van der Waals surface area contributed by atoms with Gasteiger partial charge in [-0.15, -0.1) is 0 Å². The summed E-state index contributed by atoms with van der Waals surface area (Å²) in [5.41, 5.74) is 10.4. The SMILES string of the molecule is OCCCCOCNC1C=C2C#C[C@H](CCc3ccc(O)c(Cc4cccc(O)c4)c3)CCC[C@H]3C[C@H](O)CCc4ccc(O)c(c4)OCc4cc([C@@]56CCOC[C@H]5CCc5ccccc56)cc5cn(cc45)C(=C2CO3)N1. The highest BCUT2D eigenvalue weighted by molar-refractivity contribution is 5.88. The van der Waals surface area contributed by atoms with Crippen LogP contribution in [-0.4, -0.2) is 88.2 Å². The van der Waals surface area contributed by atoms with Crippen LogP contribution in [0.1, 0.15) is 109 Å². The summed E-state index contributed by atoms with van der Waals surface area (Å²) < 4.78 is 28.1. The van der Waals surface area contributed by atoms with E-state index in [0.29, 0.717) is 63.6 Å². The number of nitrogens with one attached hydrogen (secondary N) is 2. The second-order valence-corrected chi connectivity index (χ2v) is 21.9. The minimum absolute atomic E-state index is 0.0440. The average molecular weight is 1040 g/mol. The van der Waals surface area contributed by atoms with Crippen molar-refractivity contribution in [2.24, 2.45) is 11.8 Å². The number of hydrogen-bond acceptors (Lipinski definition) is 11. The van der Waals surface area contributed by atoms with E-state index in [-0.39, 0.29) is 67.4 Å². The predicted octanol–water partition coefficient (Wildman–Crippen LogP) is 10.1. The van der Waals surface area contributed by atoms with E-state index in [9.17, 15) is 25.5 Å². The lowest BCUT2D eigenvalue weighted by molar-refractivity contribution is 0.00498. The minimum Gasteiger partial charge on any atom is -0.508 e. The molecule has 4 aliphatic heterocycles. The number of aliphatic hydroxyl groups excluding tert-OH is 2.